The van der Waals surface area contributed by atoms with Crippen LogP contribution < -0.4 is 16.2 Å². The number of primary amides is 1. The first-order valence-corrected chi connectivity index (χ1v) is 6.57. The summed E-state index contributed by atoms with van der Waals surface area (Å²) in [5.74, 6) is -0.577. The molecule has 2 aromatic rings. The van der Waals surface area contributed by atoms with Gasteiger partial charge in [0.25, 0.3) is 0 Å². The summed E-state index contributed by atoms with van der Waals surface area (Å²) in [4.78, 5) is 10.9. The van der Waals surface area contributed by atoms with Crippen LogP contribution in [0.3, 0.4) is 0 Å². The molecule has 0 radical (unpaired) electrons. The molecular formula is C14H12BrFN2O2. The van der Waals surface area contributed by atoms with Crippen molar-refractivity contribution in [3.8, 4) is 11.5 Å². The van der Waals surface area contributed by atoms with Crippen molar-refractivity contribution in [2.75, 3.05) is 0 Å². The quantitative estimate of drug-likeness (QED) is 0.899. The molecule has 0 aliphatic carbocycles. The Kier molecular flexibility index (Phi) is 4.36. The molecule has 4 N–H and O–H groups in total. The summed E-state index contributed by atoms with van der Waals surface area (Å²) in [6.45, 7) is 0.227. The molecule has 20 heavy (non-hydrogen) atoms. The monoisotopic (exact) mass is 338 g/mol. The number of amides is 1. The van der Waals surface area contributed by atoms with Gasteiger partial charge in [0.05, 0.1) is 4.47 Å². The van der Waals surface area contributed by atoms with Crippen molar-refractivity contribution in [2.24, 2.45) is 11.5 Å². The van der Waals surface area contributed by atoms with Gasteiger partial charge >= 0.3 is 0 Å². The summed E-state index contributed by atoms with van der Waals surface area (Å²) < 4.78 is 19.8. The largest absolute Gasteiger partial charge is 0.454 e. The number of ether oxygens (including phenoxy) is 1. The van der Waals surface area contributed by atoms with E-state index in [0.29, 0.717) is 16.9 Å². The van der Waals surface area contributed by atoms with Gasteiger partial charge in [-0.1, -0.05) is 6.07 Å². The molecule has 0 atom stereocenters. The van der Waals surface area contributed by atoms with Crippen LogP contribution in [0.5, 0.6) is 11.5 Å². The molecule has 0 unspecified atom stereocenters. The Hall–Kier alpha value is -1.92. The fraction of sp³-hybridized carbons (Fsp3) is 0.0714. The number of nitrogens with two attached hydrogens (primary N) is 2. The molecule has 4 nitrogen and oxygen atoms in total. The molecule has 1 amide bonds. The lowest BCUT2D eigenvalue weighted by Crippen LogP contribution is -2.10. The summed E-state index contributed by atoms with van der Waals surface area (Å²) in [6, 6.07) is 9.30. The van der Waals surface area contributed by atoms with E-state index in [2.05, 4.69) is 15.9 Å². The zero-order valence-electron chi connectivity index (χ0n) is 10.4. The Morgan fingerprint density at radius 3 is 2.40 bits per heavy atom. The van der Waals surface area contributed by atoms with Crippen LogP contribution >= 0.6 is 15.9 Å². The van der Waals surface area contributed by atoms with Gasteiger partial charge in [-0.3, -0.25) is 4.79 Å². The van der Waals surface area contributed by atoms with Gasteiger partial charge in [-0.15, -0.1) is 0 Å². The third kappa shape index (κ3) is 2.97. The highest BCUT2D eigenvalue weighted by molar-refractivity contribution is 9.10. The minimum Gasteiger partial charge on any atom is -0.454 e. The highest BCUT2D eigenvalue weighted by Gasteiger charge is 2.12. The van der Waals surface area contributed by atoms with Crippen molar-refractivity contribution in [2.45, 2.75) is 6.54 Å². The van der Waals surface area contributed by atoms with E-state index in [-0.39, 0.29) is 16.8 Å². The number of carbonyl (C=O) groups is 1. The smallest absolute Gasteiger partial charge is 0.248 e. The molecule has 0 bridgehead atoms. The fourth-order valence-corrected chi connectivity index (χ4v) is 2.11. The van der Waals surface area contributed by atoms with Crippen molar-refractivity contribution in [3.05, 3.63) is 57.8 Å². The first kappa shape index (κ1) is 14.5. The lowest BCUT2D eigenvalue weighted by molar-refractivity contribution is 0.100. The molecule has 2 aromatic carbocycles. The van der Waals surface area contributed by atoms with Crippen molar-refractivity contribution in [3.63, 3.8) is 0 Å². The first-order valence-electron chi connectivity index (χ1n) is 5.77. The van der Waals surface area contributed by atoms with Gasteiger partial charge in [-0.05, 0) is 51.8 Å². The van der Waals surface area contributed by atoms with E-state index in [4.69, 9.17) is 16.2 Å². The Bertz CT molecular complexity index is 644. The van der Waals surface area contributed by atoms with E-state index < -0.39 is 11.7 Å². The van der Waals surface area contributed by atoms with Crippen molar-refractivity contribution in [1.29, 1.82) is 0 Å². The Morgan fingerprint density at radius 2 is 1.85 bits per heavy atom. The van der Waals surface area contributed by atoms with E-state index in [1.54, 1.807) is 18.2 Å². The van der Waals surface area contributed by atoms with Gasteiger partial charge < -0.3 is 16.2 Å². The van der Waals surface area contributed by atoms with Gasteiger partial charge in [0.2, 0.25) is 5.91 Å². The molecule has 0 aromatic heterocycles. The SMILES string of the molecule is NCc1ccc(Oc2ccc(C(N)=O)cc2)c(F)c1Br. The van der Waals surface area contributed by atoms with Crippen LogP contribution in [0.25, 0.3) is 0 Å². The summed E-state index contributed by atoms with van der Waals surface area (Å²) in [7, 11) is 0. The topological polar surface area (TPSA) is 78.3 Å². The Labute approximate surface area is 123 Å². The van der Waals surface area contributed by atoms with E-state index >= 15 is 0 Å². The molecule has 0 saturated heterocycles. The second-order valence-electron chi connectivity index (χ2n) is 4.05. The third-order valence-corrected chi connectivity index (χ3v) is 3.57. The van der Waals surface area contributed by atoms with Crippen LogP contribution in [0.15, 0.2) is 40.9 Å². The zero-order chi connectivity index (χ0) is 14.7. The highest BCUT2D eigenvalue weighted by Crippen LogP contribution is 2.31. The van der Waals surface area contributed by atoms with Crippen LogP contribution in [0.4, 0.5) is 4.39 Å². The summed E-state index contributed by atoms with van der Waals surface area (Å²) in [5, 5.41) is 0. The predicted molar refractivity (Wildman–Crippen MR) is 77.0 cm³/mol. The van der Waals surface area contributed by atoms with Crippen LogP contribution in [-0.4, -0.2) is 5.91 Å². The van der Waals surface area contributed by atoms with Crippen LogP contribution in [0.2, 0.25) is 0 Å². The molecule has 6 heteroatoms. The minimum atomic E-state index is -0.530. The fourth-order valence-electron chi connectivity index (χ4n) is 1.62. The molecule has 0 aliphatic rings. The van der Waals surface area contributed by atoms with E-state index in [9.17, 15) is 9.18 Å². The molecule has 0 aliphatic heterocycles. The second kappa shape index (κ2) is 6.02. The third-order valence-electron chi connectivity index (χ3n) is 2.71. The standard InChI is InChI=1S/C14H12BrFN2O2/c15-12-9(7-17)3-6-11(13(12)16)20-10-4-1-8(2-5-10)14(18)19/h1-6H,7,17H2,(H2,18,19). The van der Waals surface area contributed by atoms with Gasteiger partial charge in [-0.25, -0.2) is 4.39 Å². The lowest BCUT2D eigenvalue weighted by Gasteiger charge is -2.10. The maximum Gasteiger partial charge on any atom is 0.248 e. The Balaban J connectivity index is 2.26. The number of hydrogen-bond acceptors (Lipinski definition) is 3. The van der Waals surface area contributed by atoms with Crippen LogP contribution in [0, 0.1) is 5.82 Å². The predicted octanol–water partition coefficient (Wildman–Crippen LogP) is 2.94. The zero-order valence-corrected chi connectivity index (χ0v) is 12.0. The first-order chi connectivity index (χ1) is 9.52. The average Bonchev–Trinajstić information content (AvgIpc) is 2.45. The molecule has 0 fully saturated rings. The molecule has 0 heterocycles. The molecule has 104 valence electrons. The summed E-state index contributed by atoms with van der Waals surface area (Å²) in [6.07, 6.45) is 0. The van der Waals surface area contributed by atoms with Crippen molar-refractivity contribution < 1.29 is 13.9 Å². The molecular weight excluding hydrogens is 327 g/mol. The van der Waals surface area contributed by atoms with E-state index in [1.165, 1.54) is 18.2 Å². The molecule has 0 saturated carbocycles. The maximum atomic E-state index is 14.0. The molecule has 0 spiro atoms. The number of benzene rings is 2. The van der Waals surface area contributed by atoms with Crippen LogP contribution in [-0.2, 0) is 6.54 Å². The van der Waals surface area contributed by atoms with Gasteiger partial charge in [0.1, 0.15) is 5.75 Å². The normalized spacial score (nSPS) is 10.3. The maximum absolute atomic E-state index is 14.0. The number of rotatable bonds is 4. The second-order valence-corrected chi connectivity index (χ2v) is 4.84. The highest BCUT2D eigenvalue weighted by atomic mass is 79.9. The van der Waals surface area contributed by atoms with Gasteiger partial charge in [0.15, 0.2) is 11.6 Å². The lowest BCUT2D eigenvalue weighted by atomic mass is 10.2. The number of hydrogen-bond donors (Lipinski definition) is 2. The van der Waals surface area contributed by atoms with Gasteiger partial charge in [-0.2, -0.15) is 0 Å². The molecule has 2 rings (SSSR count). The summed E-state index contributed by atoms with van der Waals surface area (Å²) in [5.41, 5.74) is 11.6. The Morgan fingerprint density at radius 1 is 1.20 bits per heavy atom. The van der Waals surface area contributed by atoms with E-state index in [1.807, 2.05) is 0 Å². The number of halogens is 2. The minimum absolute atomic E-state index is 0.0703. The van der Waals surface area contributed by atoms with Gasteiger partial charge in [0, 0.05) is 12.1 Å². The van der Waals surface area contributed by atoms with Crippen molar-refractivity contribution in [1.82, 2.24) is 0 Å². The van der Waals surface area contributed by atoms with E-state index in [0.717, 1.165) is 0 Å². The van der Waals surface area contributed by atoms with Crippen LogP contribution in [0.1, 0.15) is 15.9 Å². The summed E-state index contributed by atoms with van der Waals surface area (Å²) >= 11 is 3.14. The average molecular weight is 339 g/mol. The van der Waals surface area contributed by atoms with Crippen molar-refractivity contribution >= 4 is 21.8 Å². The number of carbonyl (C=O) groups excluding carboxylic acids is 1.